The average molecular weight is 259 g/mol. The quantitative estimate of drug-likeness (QED) is 0.780. The standard InChI is InChI=1S/C13H22N2O.ClH/c14-12-6-2-5-10-7-15(8-11(10)12)13(16)9-3-1-4-9;/h9-12H,1-8,14H2;1H. The highest BCUT2D eigenvalue weighted by Crippen LogP contribution is 2.37. The number of halogens is 1. The van der Waals surface area contributed by atoms with Crippen LogP contribution in [0.5, 0.6) is 0 Å². The summed E-state index contributed by atoms with van der Waals surface area (Å²) in [5.41, 5.74) is 6.17. The van der Waals surface area contributed by atoms with Crippen molar-refractivity contribution in [2.24, 2.45) is 23.5 Å². The van der Waals surface area contributed by atoms with E-state index in [2.05, 4.69) is 4.90 Å². The normalized spacial score (nSPS) is 37.0. The molecule has 3 aliphatic rings. The molecule has 4 heteroatoms. The van der Waals surface area contributed by atoms with Gasteiger partial charge in [0.05, 0.1) is 0 Å². The van der Waals surface area contributed by atoms with Crippen molar-refractivity contribution in [1.29, 1.82) is 0 Å². The van der Waals surface area contributed by atoms with E-state index in [1.807, 2.05) is 0 Å². The van der Waals surface area contributed by atoms with E-state index in [9.17, 15) is 4.79 Å². The van der Waals surface area contributed by atoms with Crippen molar-refractivity contribution in [2.75, 3.05) is 13.1 Å². The SMILES string of the molecule is Cl.NC1CCCC2CN(C(=O)C3CCC3)CC12. The second-order valence-electron chi connectivity index (χ2n) is 5.89. The lowest BCUT2D eigenvalue weighted by atomic mass is 9.78. The van der Waals surface area contributed by atoms with E-state index in [0.29, 0.717) is 29.7 Å². The molecule has 98 valence electrons. The number of fused-ring (bicyclic) bond motifs is 1. The van der Waals surface area contributed by atoms with Gasteiger partial charge in [-0.3, -0.25) is 4.79 Å². The highest BCUT2D eigenvalue weighted by atomic mass is 35.5. The van der Waals surface area contributed by atoms with Gasteiger partial charge >= 0.3 is 0 Å². The predicted molar refractivity (Wildman–Crippen MR) is 70.0 cm³/mol. The Kier molecular flexibility index (Phi) is 3.99. The van der Waals surface area contributed by atoms with E-state index in [4.69, 9.17) is 5.73 Å². The highest BCUT2D eigenvalue weighted by molar-refractivity contribution is 5.85. The van der Waals surface area contributed by atoms with E-state index >= 15 is 0 Å². The Bertz CT molecular complexity index is 293. The smallest absolute Gasteiger partial charge is 0.225 e. The van der Waals surface area contributed by atoms with Gasteiger partial charge in [0.1, 0.15) is 0 Å². The largest absolute Gasteiger partial charge is 0.342 e. The number of carbonyl (C=O) groups is 1. The van der Waals surface area contributed by atoms with E-state index in [1.165, 1.54) is 19.3 Å². The fourth-order valence-electron chi connectivity index (χ4n) is 3.61. The van der Waals surface area contributed by atoms with Crippen LogP contribution in [0, 0.1) is 17.8 Å². The maximum atomic E-state index is 12.2. The monoisotopic (exact) mass is 258 g/mol. The number of likely N-dealkylation sites (tertiary alicyclic amines) is 1. The molecule has 0 aromatic heterocycles. The molecule has 0 aromatic carbocycles. The van der Waals surface area contributed by atoms with Gasteiger partial charge < -0.3 is 10.6 Å². The summed E-state index contributed by atoms with van der Waals surface area (Å²) in [6.07, 6.45) is 7.19. The summed E-state index contributed by atoms with van der Waals surface area (Å²) in [5, 5.41) is 0. The minimum atomic E-state index is 0. The summed E-state index contributed by atoms with van der Waals surface area (Å²) in [5.74, 6) is 2.08. The van der Waals surface area contributed by atoms with Crippen molar-refractivity contribution in [3.8, 4) is 0 Å². The van der Waals surface area contributed by atoms with Gasteiger partial charge in [-0.15, -0.1) is 12.4 Å². The Balaban J connectivity index is 0.00000108. The fraction of sp³-hybridized carbons (Fsp3) is 0.923. The molecule has 3 unspecified atom stereocenters. The zero-order chi connectivity index (χ0) is 11.1. The van der Waals surface area contributed by atoms with Crippen LogP contribution in [0.3, 0.4) is 0 Å². The van der Waals surface area contributed by atoms with Crippen LogP contribution in [0.25, 0.3) is 0 Å². The van der Waals surface area contributed by atoms with Gasteiger partial charge in [-0.1, -0.05) is 12.8 Å². The van der Waals surface area contributed by atoms with Gasteiger partial charge in [0, 0.05) is 25.0 Å². The molecule has 0 aromatic rings. The lowest BCUT2D eigenvalue weighted by Crippen LogP contribution is -2.40. The van der Waals surface area contributed by atoms with Gasteiger partial charge in [0.25, 0.3) is 0 Å². The molecule has 17 heavy (non-hydrogen) atoms. The lowest BCUT2D eigenvalue weighted by molar-refractivity contribution is -0.137. The summed E-state index contributed by atoms with van der Waals surface area (Å²) in [6, 6.07) is 0.345. The van der Waals surface area contributed by atoms with Crippen LogP contribution in [0.2, 0.25) is 0 Å². The first-order valence-electron chi connectivity index (χ1n) is 6.80. The van der Waals surface area contributed by atoms with E-state index < -0.39 is 0 Å². The lowest BCUT2D eigenvalue weighted by Gasteiger charge is -2.30. The Morgan fingerprint density at radius 3 is 2.35 bits per heavy atom. The van der Waals surface area contributed by atoms with Crippen LogP contribution >= 0.6 is 12.4 Å². The molecule has 0 spiro atoms. The van der Waals surface area contributed by atoms with Crippen molar-refractivity contribution < 1.29 is 4.79 Å². The molecule has 1 amide bonds. The number of rotatable bonds is 1. The second-order valence-corrected chi connectivity index (χ2v) is 5.89. The predicted octanol–water partition coefficient (Wildman–Crippen LogP) is 1.79. The van der Waals surface area contributed by atoms with Crippen molar-refractivity contribution in [3.05, 3.63) is 0 Å². The molecule has 3 fully saturated rings. The van der Waals surface area contributed by atoms with Crippen LogP contribution in [0.15, 0.2) is 0 Å². The molecule has 0 radical (unpaired) electrons. The Hall–Kier alpha value is -0.280. The van der Waals surface area contributed by atoms with E-state index in [0.717, 1.165) is 32.4 Å². The van der Waals surface area contributed by atoms with Gasteiger partial charge in [0.15, 0.2) is 0 Å². The van der Waals surface area contributed by atoms with Crippen LogP contribution < -0.4 is 5.73 Å². The van der Waals surface area contributed by atoms with Crippen LogP contribution in [0.4, 0.5) is 0 Å². The molecular weight excluding hydrogens is 236 g/mol. The third-order valence-corrected chi connectivity index (χ3v) is 4.92. The Morgan fingerprint density at radius 1 is 1.06 bits per heavy atom. The van der Waals surface area contributed by atoms with Crippen LogP contribution in [-0.2, 0) is 4.79 Å². The first kappa shape index (κ1) is 13.2. The molecule has 3 rings (SSSR count). The summed E-state index contributed by atoms with van der Waals surface area (Å²) < 4.78 is 0. The molecule has 0 bridgehead atoms. The molecule has 3 atom stereocenters. The van der Waals surface area contributed by atoms with Gasteiger partial charge in [-0.25, -0.2) is 0 Å². The fourth-order valence-corrected chi connectivity index (χ4v) is 3.61. The number of nitrogens with zero attached hydrogens (tertiary/aromatic N) is 1. The number of hydrogen-bond donors (Lipinski definition) is 1. The maximum Gasteiger partial charge on any atom is 0.225 e. The van der Waals surface area contributed by atoms with Crippen molar-refractivity contribution in [1.82, 2.24) is 4.90 Å². The number of hydrogen-bond acceptors (Lipinski definition) is 2. The topological polar surface area (TPSA) is 46.3 Å². The molecule has 1 heterocycles. The highest BCUT2D eigenvalue weighted by Gasteiger charge is 2.42. The Morgan fingerprint density at radius 2 is 1.76 bits per heavy atom. The van der Waals surface area contributed by atoms with Gasteiger partial charge in [-0.05, 0) is 37.5 Å². The van der Waals surface area contributed by atoms with E-state index in [-0.39, 0.29) is 12.4 Å². The molecule has 1 aliphatic heterocycles. The van der Waals surface area contributed by atoms with Gasteiger partial charge in [-0.2, -0.15) is 0 Å². The van der Waals surface area contributed by atoms with Crippen molar-refractivity contribution >= 4 is 18.3 Å². The van der Waals surface area contributed by atoms with Crippen LogP contribution in [0.1, 0.15) is 38.5 Å². The molecule has 2 saturated carbocycles. The Labute approximate surface area is 110 Å². The third kappa shape index (κ3) is 2.32. The van der Waals surface area contributed by atoms with Crippen LogP contribution in [-0.4, -0.2) is 29.9 Å². The van der Waals surface area contributed by atoms with Gasteiger partial charge in [0.2, 0.25) is 5.91 Å². The van der Waals surface area contributed by atoms with Crippen molar-refractivity contribution in [3.63, 3.8) is 0 Å². The molecule has 2 aliphatic carbocycles. The minimum Gasteiger partial charge on any atom is -0.342 e. The number of amides is 1. The zero-order valence-electron chi connectivity index (χ0n) is 10.3. The molecule has 2 N–H and O–H groups in total. The maximum absolute atomic E-state index is 12.2. The minimum absolute atomic E-state index is 0. The first-order chi connectivity index (χ1) is 7.75. The molecular formula is C13H23ClN2O. The third-order valence-electron chi connectivity index (χ3n) is 4.92. The summed E-state index contributed by atoms with van der Waals surface area (Å²) >= 11 is 0. The average Bonchev–Trinajstić information content (AvgIpc) is 2.60. The first-order valence-corrected chi connectivity index (χ1v) is 6.80. The van der Waals surface area contributed by atoms with Crippen molar-refractivity contribution in [2.45, 2.75) is 44.6 Å². The summed E-state index contributed by atoms with van der Waals surface area (Å²) in [7, 11) is 0. The second kappa shape index (κ2) is 5.15. The molecule has 3 nitrogen and oxygen atoms in total. The number of carbonyl (C=O) groups excluding carboxylic acids is 1. The zero-order valence-corrected chi connectivity index (χ0v) is 11.1. The molecule has 1 saturated heterocycles. The summed E-state index contributed by atoms with van der Waals surface area (Å²) in [6.45, 7) is 1.94. The summed E-state index contributed by atoms with van der Waals surface area (Å²) in [4.78, 5) is 14.3. The number of nitrogens with two attached hydrogens (primary N) is 1. The van der Waals surface area contributed by atoms with E-state index in [1.54, 1.807) is 0 Å².